The molecule has 0 unspecified atom stereocenters. The van der Waals surface area contributed by atoms with E-state index in [1.807, 2.05) is 11.4 Å². The molecule has 0 radical (unpaired) electrons. The zero-order valence-corrected chi connectivity index (χ0v) is 14.0. The molecular weight excluding hydrogens is 345 g/mol. The summed E-state index contributed by atoms with van der Waals surface area (Å²) in [6, 6.07) is 9.60. The molecule has 1 aliphatic heterocycles. The van der Waals surface area contributed by atoms with Gasteiger partial charge in [0.1, 0.15) is 0 Å². The molecule has 0 saturated heterocycles. The van der Waals surface area contributed by atoms with Crippen molar-refractivity contribution in [1.82, 2.24) is 10.3 Å². The molecule has 0 spiro atoms. The maximum absolute atomic E-state index is 12.8. The van der Waals surface area contributed by atoms with Crippen molar-refractivity contribution in [2.45, 2.75) is 19.1 Å². The molecule has 2 heterocycles. The van der Waals surface area contributed by atoms with Crippen LogP contribution in [0.3, 0.4) is 0 Å². The Hall–Kier alpha value is -2.18. The predicted octanol–water partition coefficient (Wildman–Crippen LogP) is 5.14. The number of hydrogen-bond acceptors (Lipinski definition) is 3. The second-order valence-electron chi connectivity index (χ2n) is 6.04. The fourth-order valence-corrected chi connectivity index (χ4v) is 3.78. The summed E-state index contributed by atoms with van der Waals surface area (Å²) in [6.07, 6.45) is -3.45. The van der Waals surface area contributed by atoms with E-state index in [2.05, 4.69) is 16.4 Å². The SMILES string of the molecule is FC(F)(F)c1ccc(-c2cc(-c3cscn3)cc3c2CCNC3)cc1. The van der Waals surface area contributed by atoms with Crippen molar-refractivity contribution in [2.24, 2.45) is 0 Å². The van der Waals surface area contributed by atoms with Gasteiger partial charge in [0.15, 0.2) is 0 Å². The zero-order chi connectivity index (χ0) is 17.4. The second kappa shape index (κ2) is 6.28. The standard InChI is InChI=1S/C19H15F3N2S/c20-19(21,22)15-3-1-12(2-4-15)17-8-13(18-10-25-11-24-18)7-14-9-23-6-5-16(14)17/h1-4,7-8,10-11,23H,5-6,9H2. The van der Waals surface area contributed by atoms with Crippen LogP contribution in [0.5, 0.6) is 0 Å². The minimum Gasteiger partial charge on any atom is -0.312 e. The Bertz CT molecular complexity index is 884. The summed E-state index contributed by atoms with van der Waals surface area (Å²) in [5.74, 6) is 0. The molecule has 25 heavy (non-hydrogen) atoms. The summed E-state index contributed by atoms with van der Waals surface area (Å²) < 4.78 is 38.5. The van der Waals surface area contributed by atoms with Gasteiger partial charge in [0.25, 0.3) is 0 Å². The van der Waals surface area contributed by atoms with Gasteiger partial charge in [-0.05, 0) is 59.5 Å². The molecule has 1 N–H and O–H groups in total. The molecule has 2 nitrogen and oxygen atoms in total. The van der Waals surface area contributed by atoms with Crippen LogP contribution in [0.25, 0.3) is 22.4 Å². The van der Waals surface area contributed by atoms with Crippen molar-refractivity contribution in [3.05, 3.63) is 64.0 Å². The number of alkyl halides is 3. The average molecular weight is 360 g/mol. The van der Waals surface area contributed by atoms with Crippen molar-refractivity contribution in [2.75, 3.05) is 6.54 Å². The first kappa shape index (κ1) is 16.3. The number of benzene rings is 2. The molecule has 2 aromatic carbocycles. The number of halogens is 3. The van der Waals surface area contributed by atoms with E-state index in [4.69, 9.17) is 0 Å². The van der Waals surface area contributed by atoms with E-state index in [9.17, 15) is 13.2 Å². The number of thiazole rings is 1. The Morgan fingerprint density at radius 3 is 2.52 bits per heavy atom. The molecule has 128 valence electrons. The van der Waals surface area contributed by atoms with E-state index in [0.29, 0.717) is 0 Å². The van der Waals surface area contributed by atoms with Crippen LogP contribution in [0.2, 0.25) is 0 Å². The monoisotopic (exact) mass is 360 g/mol. The van der Waals surface area contributed by atoms with E-state index in [-0.39, 0.29) is 0 Å². The first-order valence-electron chi connectivity index (χ1n) is 7.95. The first-order valence-corrected chi connectivity index (χ1v) is 8.89. The zero-order valence-electron chi connectivity index (χ0n) is 13.2. The fourth-order valence-electron chi connectivity index (χ4n) is 3.22. The van der Waals surface area contributed by atoms with Crippen LogP contribution in [-0.4, -0.2) is 11.5 Å². The summed E-state index contributed by atoms with van der Waals surface area (Å²) in [6.45, 7) is 1.64. The fraction of sp³-hybridized carbons (Fsp3) is 0.211. The summed E-state index contributed by atoms with van der Waals surface area (Å²) >= 11 is 1.53. The van der Waals surface area contributed by atoms with Gasteiger partial charge in [0, 0.05) is 17.5 Å². The highest BCUT2D eigenvalue weighted by Crippen LogP contribution is 2.36. The summed E-state index contributed by atoms with van der Waals surface area (Å²) in [5, 5.41) is 5.34. The number of aromatic nitrogens is 1. The molecule has 0 aliphatic carbocycles. The molecular formula is C19H15F3N2S. The predicted molar refractivity (Wildman–Crippen MR) is 93.4 cm³/mol. The summed E-state index contributed by atoms with van der Waals surface area (Å²) in [5.41, 5.74) is 7.25. The van der Waals surface area contributed by atoms with E-state index in [0.717, 1.165) is 54.0 Å². The number of nitrogens with one attached hydrogen (secondary N) is 1. The Labute approximate surface area is 147 Å². The van der Waals surface area contributed by atoms with Crippen LogP contribution in [0.1, 0.15) is 16.7 Å². The first-order chi connectivity index (χ1) is 12.0. The minimum absolute atomic E-state index is 0.623. The van der Waals surface area contributed by atoms with Crippen molar-refractivity contribution in [1.29, 1.82) is 0 Å². The molecule has 1 aromatic heterocycles. The number of hydrogen-bond donors (Lipinski definition) is 1. The largest absolute Gasteiger partial charge is 0.416 e. The number of fused-ring (bicyclic) bond motifs is 1. The topological polar surface area (TPSA) is 24.9 Å². The van der Waals surface area contributed by atoms with Crippen LogP contribution in [0, 0.1) is 0 Å². The van der Waals surface area contributed by atoms with Crippen molar-refractivity contribution >= 4 is 11.3 Å². The highest BCUT2D eigenvalue weighted by Gasteiger charge is 2.30. The van der Waals surface area contributed by atoms with Crippen LogP contribution in [0.15, 0.2) is 47.3 Å². The third-order valence-corrected chi connectivity index (χ3v) is 5.05. The molecule has 0 fully saturated rings. The lowest BCUT2D eigenvalue weighted by molar-refractivity contribution is -0.137. The van der Waals surface area contributed by atoms with Crippen LogP contribution < -0.4 is 5.32 Å². The highest BCUT2D eigenvalue weighted by molar-refractivity contribution is 7.07. The molecule has 6 heteroatoms. The third-order valence-electron chi connectivity index (χ3n) is 4.46. The number of nitrogens with zero attached hydrogens (tertiary/aromatic N) is 1. The van der Waals surface area contributed by atoms with E-state index in [1.54, 1.807) is 17.6 Å². The highest BCUT2D eigenvalue weighted by atomic mass is 32.1. The van der Waals surface area contributed by atoms with Gasteiger partial charge >= 0.3 is 6.18 Å². The van der Waals surface area contributed by atoms with Gasteiger partial charge in [-0.1, -0.05) is 12.1 Å². The van der Waals surface area contributed by atoms with Crippen molar-refractivity contribution in [3.63, 3.8) is 0 Å². The van der Waals surface area contributed by atoms with E-state index >= 15 is 0 Å². The lowest BCUT2D eigenvalue weighted by Crippen LogP contribution is -2.24. The maximum Gasteiger partial charge on any atom is 0.416 e. The molecule has 4 rings (SSSR count). The van der Waals surface area contributed by atoms with Crippen LogP contribution in [-0.2, 0) is 19.1 Å². The Balaban J connectivity index is 1.84. The van der Waals surface area contributed by atoms with E-state index < -0.39 is 11.7 Å². The van der Waals surface area contributed by atoms with Gasteiger partial charge in [-0.3, -0.25) is 0 Å². The van der Waals surface area contributed by atoms with Crippen molar-refractivity contribution < 1.29 is 13.2 Å². The third kappa shape index (κ3) is 3.19. The Morgan fingerprint density at radius 2 is 1.84 bits per heavy atom. The Kier molecular flexibility index (Phi) is 4.09. The molecule has 1 aliphatic rings. The number of rotatable bonds is 2. The molecule has 0 bridgehead atoms. The lowest BCUT2D eigenvalue weighted by Gasteiger charge is -2.22. The molecule has 0 saturated carbocycles. The van der Waals surface area contributed by atoms with Gasteiger partial charge in [-0.2, -0.15) is 13.2 Å². The molecule has 3 aromatic rings. The van der Waals surface area contributed by atoms with Gasteiger partial charge in [0.05, 0.1) is 16.8 Å². The van der Waals surface area contributed by atoms with Gasteiger partial charge in [-0.15, -0.1) is 11.3 Å². The van der Waals surface area contributed by atoms with Crippen molar-refractivity contribution in [3.8, 4) is 22.4 Å². The normalized spacial score (nSPS) is 14.4. The van der Waals surface area contributed by atoms with Crippen LogP contribution in [0.4, 0.5) is 13.2 Å². The molecule has 0 atom stereocenters. The van der Waals surface area contributed by atoms with Gasteiger partial charge < -0.3 is 5.32 Å². The average Bonchev–Trinajstić information content (AvgIpc) is 3.15. The van der Waals surface area contributed by atoms with E-state index in [1.165, 1.54) is 22.5 Å². The smallest absolute Gasteiger partial charge is 0.312 e. The van der Waals surface area contributed by atoms with Gasteiger partial charge in [0.2, 0.25) is 0 Å². The van der Waals surface area contributed by atoms with Crippen LogP contribution >= 0.6 is 11.3 Å². The quantitative estimate of drug-likeness (QED) is 0.684. The maximum atomic E-state index is 12.8. The molecule has 0 amide bonds. The van der Waals surface area contributed by atoms with Gasteiger partial charge in [-0.25, -0.2) is 4.98 Å². The lowest BCUT2D eigenvalue weighted by atomic mass is 9.88. The second-order valence-corrected chi connectivity index (χ2v) is 6.76. The Morgan fingerprint density at radius 1 is 1.04 bits per heavy atom. The summed E-state index contributed by atoms with van der Waals surface area (Å²) in [4.78, 5) is 4.37. The summed E-state index contributed by atoms with van der Waals surface area (Å²) in [7, 11) is 0. The minimum atomic E-state index is -4.32.